The predicted octanol–water partition coefficient (Wildman–Crippen LogP) is 5.97. The van der Waals surface area contributed by atoms with Gasteiger partial charge in [-0.25, -0.2) is 0 Å². The third kappa shape index (κ3) is 4.75. The lowest BCUT2D eigenvalue weighted by Gasteiger charge is -2.31. The molecule has 0 spiro atoms. The number of hydrogen-bond donors (Lipinski definition) is 0. The summed E-state index contributed by atoms with van der Waals surface area (Å²) in [6, 6.07) is 8.76. The van der Waals surface area contributed by atoms with E-state index in [2.05, 4.69) is 70.0 Å². The Kier molecular flexibility index (Phi) is 6.79. The van der Waals surface area contributed by atoms with Crippen LogP contribution in [0, 0.1) is 5.41 Å². The Hall–Kier alpha value is 0.180. The van der Waals surface area contributed by atoms with Crippen molar-refractivity contribution in [3.63, 3.8) is 0 Å². The third-order valence-corrected chi connectivity index (χ3v) is 5.30. The summed E-state index contributed by atoms with van der Waals surface area (Å²) in [5.41, 5.74) is 1.88. The molecule has 2 heteroatoms. The van der Waals surface area contributed by atoms with Crippen LogP contribution in [0.15, 0.2) is 28.7 Å². The number of rotatable bonds is 7. The first-order chi connectivity index (χ1) is 8.15. The zero-order chi connectivity index (χ0) is 12.7. The van der Waals surface area contributed by atoms with Gasteiger partial charge in [0.2, 0.25) is 0 Å². The smallest absolute Gasteiger partial charge is 0.0175 e. The molecule has 0 fully saturated rings. The Morgan fingerprint density at radius 1 is 1.12 bits per heavy atom. The molecule has 0 saturated heterocycles. The van der Waals surface area contributed by atoms with Gasteiger partial charge in [-0.2, -0.15) is 0 Å². The van der Waals surface area contributed by atoms with Gasteiger partial charge in [-0.1, -0.05) is 70.7 Å². The molecule has 0 amide bonds. The van der Waals surface area contributed by atoms with Crippen LogP contribution >= 0.6 is 31.9 Å². The molecule has 17 heavy (non-hydrogen) atoms. The largest absolute Gasteiger partial charge is 0.0922 e. The number of unbranched alkanes of at least 4 members (excludes halogenated alkanes) is 1. The predicted molar refractivity (Wildman–Crippen MR) is 83.9 cm³/mol. The van der Waals surface area contributed by atoms with Gasteiger partial charge >= 0.3 is 0 Å². The normalized spacial score (nSPS) is 14.6. The second-order valence-electron chi connectivity index (χ2n) is 4.89. The lowest BCUT2D eigenvalue weighted by atomic mass is 9.77. The lowest BCUT2D eigenvalue weighted by Crippen LogP contribution is -2.24. The van der Waals surface area contributed by atoms with E-state index in [4.69, 9.17) is 0 Å². The van der Waals surface area contributed by atoms with E-state index >= 15 is 0 Å². The molecule has 0 aromatic heterocycles. The fraction of sp³-hybridized carbons (Fsp3) is 0.600. The molecule has 0 radical (unpaired) electrons. The zero-order valence-corrected chi connectivity index (χ0v) is 14.0. The van der Waals surface area contributed by atoms with E-state index in [9.17, 15) is 0 Å². The van der Waals surface area contributed by atoms with Crippen LogP contribution in [0.2, 0.25) is 0 Å². The molecule has 1 unspecified atom stereocenters. The van der Waals surface area contributed by atoms with Gasteiger partial charge in [0.05, 0.1) is 0 Å². The maximum atomic E-state index is 3.73. The number of hydrogen-bond acceptors (Lipinski definition) is 0. The van der Waals surface area contributed by atoms with Crippen molar-refractivity contribution in [3.05, 3.63) is 34.3 Å². The van der Waals surface area contributed by atoms with Crippen LogP contribution in [0.1, 0.15) is 45.1 Å². The quantitative estimate of drug-likeness (QED) is 0.524. The summed E-state index contributed by atoms with van der Waals surface area (Å²) < 4.78 is 1.16. The molecule has 0 N–H and O–H groups in total. The fourth-order valence-electron chi connectivity index (χ4n) is 2.19. The van der Waals surface area contributed by atoms with E-state index in [-0.39, 0.29) is 0 Å². The molecule has 0 aliphatic carbocycles. The molecule has 1 atom stereocenters. The highest BCUT2D eigenvalue weighted by Gasteiger charge is 2.26. The molecule has 1 rings (SSSR count). The van der Waals surface area contributed by atoms with Crippen LogP contribution in [-0.4, -0.2) is 5.33 Å². The maximum absolute atomic E-state index is 3.73. The minimum Gasteiger partial charge on any atom is -0.0922 e. The van der Waals surface area contributed by atoms with E-state index < -0.39 is 0 Å². The van der Waals surface area contributed by atoms with Crippen LogP contribution < -0.4 is 0 Å². The first-order valence-electron chi connectivity index (χ1n) is 6.46. The van der Waals surface area contributed by atoms with E-state index in [1.54, 1.807) is 0 Å². The topological polar surface area (TPSA) is 0 Å². The van der Waals surface area contributed by atoms with Crippen molar-refractivity contribution in [2.24, 2.45) is 5.41 Å². The summed E-state index contributed by atoms with van der Waals surface area (Å²) >= 11 is 7.22. The van der Waals surface area contributed by atoms with Crippen molar-refractivity contribution in [2.45, 2.75) is 46.0 Å². The van der Waals surface area contributed by atoms with Crippen molar-refractivity contribution in [1.29, 1.82) is 0 Å². The SMILES string of the molecule is CCCCC(CC)(CBr)Cc1ccc(Br)cc1. The summed E-state index contributed by atoms with van der Waals surface area (Å²) in [4.78, 5) is 0. The number of benzene rings is 1. The summed E-state index contributed by atoms with van der Waals surface area (Å²) in [5, 5.41) is 1.10. The molecule has 96 valence electrons. The molecular weight excluding hydrogens is 340 g/mol. The summed E-state index contributed by atoms with van der Waals surface area (Å²) in [6.45, 7) is 4.59. The van der Waals surface area contributed by atoms with Gasteiger partial charge in [0, 0.05) is 9.80 Å². The summed E-state index contributed by atoms with van der Waals surface area (Å²) in [5.74, 6) is 0. The van der Waals surface area contributed by atoms with E-state index in [0.29, 0.717) is 5.41 Å². The molecule has 0 aliphatic heterocycles. The Balaban J connectivity index is 2.74. The molecule has 0 heterocycles. The second kappa shape index (κ2) is 7.58. The molecule has 0 aliphatic rings. The number of alkyl halides is 1. The summed E-state index contributed by atoms with van der Waals surface area (Å²) in [7, 11) is 0. The van der Waals surface area contributed by atoms with Crippen LogP contribution in [0.4, 0.5) is 0 Å². The molecule has 0 bridgehead atoms. The standard InChI is InChI=1S/C15H22Br2/c1-3-5-10-15(4-2,12-16)11-13-6-8-14(17)9-7-13/h6-9H,3-5,10-12H2,1-2H3. The van der Waals surface area contributed by atoms with Crippen molar-refractivity contribution in [3.8, 4) is 0 Å². The summed E-state index contributed by atoms with van der Waals surface area (Å²) in [6.07, 6.45) is 6.36. The van der Waals surface area contributed by atoms with Crippen LogP contribution in [0.3, 0.4) is 0 Å². The monoisotopic (exact) mass is 360 g/mol. The van der Waals surface area contributed by atoms with Gasteiger partial charge in [-0.15, -0.1) is 0 Å². The van der Waals surface area contributed by atoms with Gasteiger partial charge in [0.25, 0.3) is 0 Å². The fourth-order valence-corrected chi connectivity index (χ4v) is 3.33. The van der Waals surface area contributed by atoms with E-state index in [0.717, 1.165) is 9.80 Å². The van der Waals surface area contributed by atoms with Crippen molar-refractivity contribution in [1.82, 2.24) is 0 Å². The minimum absolute atomic E-state index is 0.434. The minimum atomic E-state index is 0.434. The Morgan fingerprint density at radius 3 is 2.24 bits per heavy atom. The molecule has 1 aromatic rings. The average Bonchev–Trinajstić information content (AvgIpc) is 2.37. The van der Waals surface area contributed by atoms with Crippen LogP contribution in [-0.2, 0) is 6.42 Å². The molecule has 0 nitrogen and oxygen atoms in total. The van der Waals surface area contributed by atoms with Crippen molar-refractivity contribution < 1.29 is 0 Å². The van der Waals surface area contributed by atoms with E-state index in [1.807, 2.05) is 0 Å². The van der Waals surface area contributed by atoms with Gasteiger partial charge in [0.15, 0.2) is 0 Å². The van der Waals surface area contributed by atoms with Gasteiger partial charge in [0.1, 0.15) is 0 Å². The lowest BCUT2D eigenvalue weighted by molar-refractivity contribution is 0.284. The second-order valence-corrected chi connectivity index (χ2v) is 6.37. The molecular formula is C15H22Br2. The highest BCUT2D eigenvalue weighted by atomic mass is 79.9. The highest BCUT2D eigenvalue weighted by molar-refractivity contribution is 9.10. The molecule has 0 saturated carbocycles. The first-order valence-corrected chi connectivity index (χ1v) is 8.37. The average molecular weight is 362 g/mol. The van der Waals surface area contributed by atoms with Crippen LogP contribution in [0.5, 0.6) is 0 Å². The highest BCUT2D eigenvalue weighted by Crippen LogP contribution is 2.35. The van der Waals surface area contributed by atoms with Gasteiger partial charge in [-0.3, -0.25) is 0 Å². The van der Waals surface area contributed by atoms with Crippen molar-refractivity contribution in [2.75, 3.05) is 5.33 Å². The third-order valence-electron chi connectivity index (χ3n) is 3.59. The first kappa shape index (κ1) is 15.2. The van der Waals surface area contributed by atoms with Gasteiger partial charge in [-0.05, 0) is 42.4 Å². The zero-order valence-electron chi connectivity index (χ0n) is 10.8. The Labute approximate surface area is 122 Å². The number of halogens is 2. The van der Waals surface area contributed by atoms with E-state index in [1.165, 1.54) is 37.7 Å². The Morgan fingerprint density at radius 2 is 1.76 bits per heavy atom. The van der Waals surface area contributed by atoms with Gasteiger partial charge < -0.3 is 0 Å². The molecule has 1 aromatic carbocycles. The van der Waals surface area contributed by atoms with Crippen molar-refractivity contribution >= 4 is 31.9 Å². The van der Waals surface area contributed by atoms with Crippen LogP contribution in [0.25, 0.3) is 0 Å². The Bertz CT molecular complexity index is 312. The maximum Gasteiger partial charge on any atom is 0.0175 e.